The van der Waals surface area contributed by atoms with Crippen LogP contribution in [0.4, 0.5) is 5.69 Å². The zero-order valence-corrected chi connectivity index (χ0v) is 19.4. The van der Waals surface area contributed by atoms with E-state index < -0.39 is 57.8 Å². The normalized spacial score (nSPS) is 28.0. The summed E-state index contributed by atoms with van der Waals surface area (Å²) in [5.74, 6) is -7.15. The minimum absolute atomic E-state index is 0.0545. The van der Waals surface area contributed by atoms with Crippen LogP contribution in [0.1, 0.15) is 36.8 Å². The molecule has 2 fully saturated rings. The monoisotopic (exact) mass is 497 g/mol. The Hall–Kier alpha value is -3.70. The third kappa shape index (κ3) is 3.49. The lowest BCUT2D eigenvalue weighted by molar-refractivity contribution is -0.147. The smallest absolute Gasteiger partial charge is 0.255 e. The van der Waals surface area contributed by atoms with Gasteiger partial charge in [-0.15, -0.1) is 0 Å². The van der Waals surface area contributed by atoms with Crippen molar-refractivity contribution in [3.8, 4) is 5.75 Å². The number of Topliss-reactive ketones (excluding diaryl/α,β-unsaturated/α-hetero) is 2. The van der Waals surface area contributed by atoms with E-state index in [4.69, 9.17) is 5.73 Å². The van der Waals surface area contributed by atoms with E-state index >= 15 is 0 Å². The minimum Gasteiger partial charge on any atom is -0.508 e. The van der Waals surface area contributed by atoms with Crippen LogP contribution in [0, 0.1) is 11.8 Å². The molecule has 11 nitrogen and oxygen atoms in total. The minimum atomic E-state index is -2.60. The van der Waals surface area contributed by atoms with Crippen LogP contribution >= 0.6 is 0 Å². The maximum atomic E-state index is 13.5. The highest BCUT2D eigenvalue weighted by Gasteiger charge is 2.60. The SMILES string of the molecule is NC(=O)C1=C(O)[C@@]2(O)C(=O)C3=C(O)c4c(ccc(NC(=O)CN5CCCC5)c4O)C[C@H]3C[C@H]2CC1=O. The molecule has 3 aliphatic carbocycles. The van der Waals surface area contributed by atoms with Gasteiger partial charge in [-0.3, -0.25) is 24.1 Å². The Bertz CT molecular complexity index is 1280. The molecule has 36 heavy (non-hydrogen) atoms. The highest BCUT2D eigenvalue weighted by atomic mass is 16.3. The molecule has 190 valence electrons. The maximum absolute atomic E-state index is 13.5. The van der Waals surface area contributed by atoms with Crippen molar-refractivity contribution in [2.45, 2.75) is 37.7 Å². The van der Waals surface area contributed by atoms with Crippen molar-refractivity contribution in [3.63, 3.8) is 0 Å². The zero-order valence-electron chi connectivity index (χ0n) is 19.4. The summed E-state index contributed by atoms with van der Waals surface area (Å²) in [6, 6.07) is 3.15. The second-order valence-corrected chi connectivity index (χ2v) is 9.93. The summed E-state index contributed by atoms with van der Waals surface area (Å²) < 4.78 is 0. The molecular formula is C25H27N3O8. The number of phenolic OH excluding ortho intramolecular Hbond substituents is 1. The number of rotatable bonds is 4. The number of hydrogen-bond acceptors (Lipinski definition) is 9. The number of ketones is 2. The van der Waals surface area contributed by atoms with Crippen LogP contribution in [0.15, 0.2) is 29.0 Å². The highest BCUT2D eigenvalue weighted by Crippen LogP contribution is 2.52. The standard InChI is InChI=1S/C25H27N3O8/c26-24(35)19-15(29)9-13-8-12-7-11-3-4-14(27-16(30)10-28-5-1-2-6-28)20(31)17(11)21(32)18(12)22(33)25(13,36)23(19)34/h3-4,12-13,31-32,34,36H,1-2,5-10H2,(H2,26,35)(H,27,30)/t12-,13-,25-/m0/s1. The van der Waals surface area contributed by atoms with Gasteiger partial charge in [-0.05, 0) is 56.3 Å². The summed E-state index contributed by atoms with van der Waals surface area (Å²) in [6.07, 6.45) is 1.94. The van der Waals surface area contributed by atoms with Crippen molar-refractivity contribution in [2.75, 3.05) is 25.0 Å². The molecule has 1 heterocycles. The van der Waals surface area contributed by atoms with E-state index in [1.807, 2.05) is 4.90 Å². The van der Waals surface area contributed by atoms with Gasteiger partial charge in [0.05, 0.1) is 17.8 Å². The number of nitrogens with two attached hydrogens (primary N) is 1. The molecule has 1 saturated heterocycles. The molecule has 1 aromatic rings. The molecule has 1 saturated carbocycles. The predicted molar refractivity (Wildman–Crippen MR) is 126 cm³/mol. The lowest BCUT2D eigenvalue weighted by Gasteiger charge is -2.46. The van der Waals surface area contributed by atoms with Crippen LogP contribution in [-0.2, 0) is 25.6 Å². The Morgan fingerprint density at radius 1 is 1.11 bits per heavy atom. The van der Waals surface area contributed by atoms with Gasteiger partial charge in [0.1, 0.15) is 22.8 Å². The number of aliphatic hydroxyl groups excluding tert-OH is 2. The van der Waals surface area contributed by atoms with E-state index in [-0.39, 0.29) is 48.5 Å². The molecule has 3 atom stereocenters. The average Bonchev–Trinajstić information content (AvgIpc) is 3.30. The van der Waals surface area contributed by atoms with Crippen molar-refractivity contribution in [3.05, 3.63) is 40.2 Å². The molecule has 2 amide bonds. The quantitative estimate of drug-likeness (QED) is 0.253. The number of nitrogens with zero attached hydrogens (tertiary/aromatic N) is 1. The van der Waals surface area contributed by atoms with Gasteiger partial charge in [-0.1, -0.05) is 6.07 Å². The number of anilines is 1. The van der Waals surface area contributed by atoms with Gasteiger partial charge in [0, 0.05) is 17.9 Å². The molecular weight excluding hydrogens is 470 g/mol. The van der Waals surface area contributed by atoms with E-state index in [9.17, 15) is 39.6 Å². The van der Waals surface area contributed by atoms with E-state index in [1.165, 1.54) is 6.07 Å². The Morgan fingerprint density at radius 3 is 2.47 bits per heavy atom. The molecule has 0 spiro atoms. The van der Waals surface area contributed by atoms with Crippen LogP contribution in [0.25, 0.3) is 5.76 Å². The Kier molecular flexibility index (Phi) is 5.64. The molecule has 0 unspecified atom stereocenters. The summed E-state index contributed by atoms with van der Waals surface area (Å²) in [4.78, 5) is 52.1. The third-order valence-corrected chi connectivity index (χ3v) is 7.78. The summed E-state index contributed by atoms with van der Waals surface area (Å²) in [5.41, 5.74) is 2.06. The van der Waals surface area contributed by atoms with Crippen LogP contribution < -0.4 is 11.1 Å². The Labute approximate surface area is 205 Å². The van der Waals surface area contributed by atoms with Gasteiger partial charge in [-0.2, -0.15) is 0 Å². The van der Waals surface area contributed by atoms with Gasteiger partial charge in [0.2, 0.25) is 11.7 Å². The number of phenols is 1. The fourth-order valence-electron chi connectivity index (χ4n) is 6.03. The Balaban J connectivity index is 1.52. The summed E-state index contributed by atoms with van der Waals surface area (Å²) in [5, 5.41) is 46.6. The number of aromatic hydroxyl groups is 1. The first-order chi connectivity index (χ1) is 17.0. The first-order valence-corrected chi connectivity index (χ1v) is 11.9. The predicted octanol–water partition coefficient (Wildman–Crippen LogP) is 0.458. The topological polar surface area (TPSA) is 190 Å². The molecule has 0 radical (unpaired) electrons. The number of likely N-dealkylation sites (tertiary alicyclic amines) is 1. The second kappa shape index (κ2) is 8.45. The second-order valence-electron chi connectivity index (χ2n) is 9.93. The largest absolute Gasteiger partial charge is 0.508 e. The number of fused-ring (bicyclic) bond motifs is 3. The number of carbonyl (C=O) groups excluding carboxylic acids is 4. The van der Waals surface area contributed by atoms with Crippen molar-refractivity contribution in [1.29, 1.82) is 0 Å². The highest BCUT2D eigenvalue weighted by molar-refractivity contribution is 6.22. The summed E-state index contributed by atoms with van der Waals surface area (Å²) in [7, 11) is 0. The number of hydrogen-bond donors (Lipinski definition) is 6. The van der Waals surface area contributed by atoms with Gasteiger partial charge in [0.25, 0.3) is 5.91 Å². The molecule has 11 heteroatoms. The van der Waals surface area contributed by atoms with Crippen molar-refractivity contribution < 1.29 is 39.6 Å². The summed E-state index contributed by atoms with van der Waals surface area (Å²) in [6.45, 7) is 1.79. The van der Waals surface area contributed by atoms with E-state index in [2.05, 4.69) is 5.32 Å². The van der Waals surface area contributed by atoms with Crippen molar-refractivity contribution in [1.82, 2.24) is 4.90 Å². The molecule has 5 rings (SSSR count). The maximum Gasteiger partial charge on any atom is 0.255 e. The van der Waals surface area contributed by atoms with Crippen LogP contribution in [0.2, 0.25) is 0 Å². The van der Waals surface area contributed by atoms with Gasteiger partial charge in [-0.25, -0.2) is 0 Å². The Morgan fingerprint density at radius 2 is 1.81 bits per heavy atom. The fourth-order valence-corrected chi connectivity index (χ4v) is 6.03. The third-order valence-electron chi connectivity index (χ3n) is 7.78. The average molecular weight is 498 g/mol. The van der Waals surface area contributed by atoms with E-state index in [0.29, 0.717) is 5.56 Å². The van der Waals surface area contributed by atoms with Gasteiger partial charge in [0.15, 0.2) is 11.4 Å². The first-order valence-electron chi connectivity index (χ1n) is 11.9. The van der Waals surface area contributed by atoms with E-state index in [0.717, 1.165) is 25.9 Å². The molecule has 0 aromatic heterocycles. The van der Waals surface area contributed by atoms with Gasteiger partial charge >= 0.3 is 0 Å². The molecule has 0 bridgehead atoms. The number of nitrogens with one attached hydrogen (secondary N) is 1. The molecule has 7 N–H and O–H groups in total. The number of carbonyl (C=O) groups is 4. The first kappa shape index (κ1) is 24.0. The van der Waals surface area contributed by atoms with Gasteiger partial charge < -0.3 is 31.5 Å². The molecule has 1 aromatic carbocycles. The zero-order chi connectivity index (χ0) is 25.9. The van der Waals surface area contributed by atoms with Crippen molar-refractivity contribution >= 4 is 34.8 Å². The van der Waals surface area contributed by atoms with Crippen LogP contribution in [0.3, 0.4) is 0 Å². The lowest BCUT2D eigenvalue weighted by atomic mass is 9.59. The van der Waals surface area contributed by atoms with Crippen LogP contribution in [0.5, 0.6) is 5.75 Å². The number of amides is 2. The van der Waals surface area contributed by atoms with Crippen LogP contribution in [-0.4, -0.2) is 73.9 Å². The number of aliphatic hydroxyl groups is 3. The molecule has 4 aliphatic rings. The lowest BCUT2D eigenvalue weighted by Crippen LogP contribution is -2.58. The molecule has 1 aliphatic heterocycles. The number of primary amides is 1. The van der Waals surface area contributed by atoms with Crippen molar-refractivity contribution in [2.24, 2.45) is 17.6 Å². The van der Waals surface area contributed by atoms with E-state index in [1.54, 1.807) is 6.07 Å². The summed E-state index contributed by atoms with van der Waals surface area (Å²) >= 11 is 0. The fraction of sp³-hybridized carbons (Fsp3) is 0.440. The number of benzene rings is 1.